The molecule has 0 radical (unpaired) electrons. The molecule has 1 N–H and O–H groups in total. The van der Waals surface area contributed by atoms with Crippen LogP contribution in [-0.2, 0) is 13.0 Å². The molecular weight excluding hydrogens is 246 g/mol. The van der Waals surface area contributed by atoms with Crippen LogP contribution in [0.15, 0.2) is 48.5 Å². The highest BCUT2D eigenvalue weighted by molar-refractivity contribution is 5.28. The Labute approximate surface area is 121 Å². The average Bonchev–Trinajstić information content (AvgIpc) is 2.46. The second-order valence-corrected chi connectivity index (χ2v) is 5.32. The zero-order chi connectivity index (χ0) is 14.4. The van der Waals surface area contributed by atoms with Crippen molar-refractivity contribution in [3.63, 3.8) is 0 Å². The molecule has 0 bridgehead atoms. The smallest absolute Gasteiger partial charge is 0.119 e. The zero-order valence-corrected chi connectivity index (χ0v) is 12.5. The van der Waals surface area contributed by atoms with Crippen LogP contribution in [0.1, 0.15) is 23.6 Å². The number of likely N-dealkylation sites (N-methyl/N-ethyl adjacent to an activating group) is 1. The molecule has 0 aliphatic rings. The molecule has 2 aromatic rings. The van der Waals surface area contributed by atoms with Gasteiger partial charge in [-0.3, -0.25) is 0 Å². The van der Waals surface area contributed by atoms with Gasteiger partial charge in [-0.05, 0) is 50.6 Å². The third kappa shape index (κ3) is 4.39. The van der Waals surface area contributed by atoms with Gasteiger partial charge in [-0.25, -0.2) is 0 Å². The van der Waals surface area contributed by atoms with Gasteiger partial charge in [0.15, 0.2) is 0 Å². The molecular formula is C18H23NO. The third-order valence-electron chi connectivity index (χ3n) is 3.45. The van der Waals surface area contributed by atoms with E-state index < -0.39 is 0 Å². The number of hydrogen-bond acceptors (Lipinski definition) is 2. The summed E-state index contributed by atoms with van der Waals surface area (Å²) in [6.45, 7) is 4.90. The Hall–Kier alpha value is -1.80. The average molecular weight is 269 g/mol. The molecule has 0 heterocycles. The second kappa shape index (κ2) is 7.11. The van der Waals surface area contributed by atoms with E-state index in [9.17, 15) is 0 Å². The van der Waals surface area contributed by atoms with Crippen LogP contribution in [0.2, 0.25) is 0 Å². The molecule has 0 spiro atoms. The lowest BCUT2D eigenvalue weighted by Gasteiger charge is -2.11. The quantitative estimate of drug-likeness (QED) is 0.863. The number of rotatable bonds is 6. The van der Waals surface area contributed by atoms with Crippen LogP contribution in [0, 0.1) is 6.92 Å². The van der Waals surface area contributed by atoms with Gasteiger partial charge in [0.05, 0.1) is 0 Å². The molecule has 0 saturated carbocycles. The number of benzene rings is 2. The summed E-state index contributed by atoms with van der Waals surface area (Å²) >= 11 is 0. The van der Waals surface area contributed by atoms with E-state index in [2.05, 4.69) is 55.6 Å². The lowest BCUT2D eigenvalue weighted by atomic mass is 10.1. The van der Waals surface area contributed by atoms with Gasteiger partial charge >= 0.3 is 0 Å². The fraction of sp³-hybridized carbons (Fsp3) is 0.333. The minimum atomic E-state index is 0.495. The molecule has 0 saturated heterocycles. The van der Waals surface area contributed by atoms with Crippen molar-refractivity contribution in [3.8, 4) is 5.75 Å². The molecule has 0 aromatic heterocycles. The zero-order valence-electron chi connectivity index (χ0n) is 12.5. The predicted molar refractivity (Wildman–Crippen MR) is 84.2 cm³/mol. The lowest BCUT2D eigenvalue weighted by Crippen LogP contribution is -2.23. The lowest BCUT2D eigenvalue weighted by molar-refractivity contribution is 0.306. The summed E-state index contributed by atoms with van der Waals surface area (Å²) in [5.74, 6) is 0.923. The SMILES string of the molecule is CNC(C)Cc1ccc(OCc2cccc(C)c2)cc1. The fourth-order valence-corrected chi connectivity index (χ4v) is 2.15. The van der Waals surface area contributed by atoms with E-state index in [-0.39, 0.29) is 0 Å². The summed E-state index contributed by atoms with van der Waals surface area (Å²) in [5.41, 5.74) is 3.80. The Morgan fingerprint density at radius 2 is 1.80 bits per heavy atom. The second-order valence-electron chi connectivity index (χ2n) is 5.32. The van der Waals surface area contributed by atoms with Gasteiger partial charge < -0.3 is 10.1 Å². The molecule has 0 aliphatic heterocycles. The number of ether oxygens (including phenoxy) is 1. The van der Waals surface area contributed by atoms with E-state index in [1.165, 1.54) is 16.7 Å². The first kappa shape index (κ1) is 14.6. The van der Waals surface area contributed by atoms with Gasteiger partial charge in [0.25, 0.3) is 0 Å². The Bertz CT molecular complexity index is 533. The molecule has 1 atom stereocenters. The first-order valence-electron chi connectivity index (χ1n) is 7.12. The molecule has 1 unspecified atom stereocenters. The standard InChI is InChI=1S/C18H23NO/c1-14-5-4-6-17(11-14)13-20-18-9-7-16(8-10-18)12-15(2)19-3/h4-11,15,19H,12-13H2,1-3H3. The van der Waals surface area contributed by atoms with Crippen LogP contribution in [0.3, 0.4) is 0 Å². The maximum absolute atomic E-state index is 5.82. The Morgan fingerprint density at radius 1 is 1.05 bits per heavy atom. The predicted octanol–water partition coefficient (Wildman–Crippen LogP) is 3.72. The van der Waals surface area contributed by atoms with Crippen LogP contribution in [0.25, 0.3) is 0 Å². The van der Waals surface area contributed by atoms with Crippen LogP contribution in [0.5, 0.6) is 5.75 Å². The van der Waals surface area contributed by atoms with Crippen LogP contribution < -0.4 is 10.1 Å². The van der Waals surface area contributed by atoms with Gasteiger partial charge in [-0.2, -0.15) is 0 Å². The van der Waals surface area contributed by atoms with E-state index in [4.69, 9.17) is 4.74 Å². The summed E-state index contributed by atoms with van der Waals surface area (Å²) in [4.78, 5) is 0. The summed E-state index contributed by atoms with van der Waals surface area (Å²) in [7, 11) is 1.99. The molecule has 20 heavy (non-hydrogen) atoms. The Kier molecular flexibility index (Phi) is 5.19. The van der Waals surface area contributed by atoms with Gasteiger partial charge in [-0.1, -0.05) is 42.0 Å². The minimum absolute atomic E-state index is 0.495. The normalized spacial score (nSPS) is 12.2. The topological polar surface area (TPSA) is 21.3 Å². The first-order valence-corrected chi connectivity index (χ1v) is 7.12. The highest BCUT2D eigenvalue weighted by Gasteiger charge is 2.01. The fourth-order valence-electron chi connectivity index (χ4n) is 2.15. The van der Waals surface area contributed by atoms with Crippen molar-refractivity contribution >= 4 is 0 Å². The van der Waals surface area contributed by atoms with Gasteiger partial charge in [0.2, 0.25) is 0 Å². The van der Waals surface area contributed by atoms with E-state index in [0.717, 1.165) is 12.2 Å². The van der Waals surface area contributed by atoms with Crippen LogP contribution in [0.4, 0.5) is 0 Å². The summed E-state index contributed by atoms with van der Waals surface area (Å²) in [6.07, 6.45) is 1.04. The van der Waals surface area contributed by atoms with Gasteiger partial charge in [0, 0.05) is 6.04 Å². The van der Waals surface area contributed by atoms with Crippen molar-refractivity contribution in [2.75, 3.05) is 7.05 Å². The maximum Gasteiger partial charge on any atom is 0.119 e. The van der Waals surface area contributed by atoms with Crippen molar-refractivity contribution in [3.05, 3.63) is 65.2 Å². The van der Waals surface area contributed by atoms with E-state index in [1.807, 2.05) is 19.2 Å². The molecule has 0 aliphatic carbocycles. The summed E-state index contributed by atoms with van der Waals surface area (Å²) in [6, 6.07) is 17.3. The molecule has 2 aromatic carbocycles. The van der Waals surface area contributed by atoms with E-state index in [0.29, 0.717) is 12.6 Å². The number of hydrogen-bond donors (Lipinski definition) is 1. The van der Waals surface area contributed by atoms with Crippen molar-refractivity contribution in [2.24, 2.45) is 0 Å². The molecule has 106 valence electrons. The molecule has 2 rings (SSSR count). The minimum Gasteiger partial charge on any atom is -0.489 e. The molecule has 0 fully saturated rings. The number of aryl methyl sites for hydroxylation is 1. The summed E-state index contributed by atoms with van der Waals surface area (Å²) < 4.78 is 5.82. The van der Waals surface area contributed by atoms with Crippen molar-refractivity contribution in [1.82, 2.24) is 5.32 Å². The van der Waals surface area contributed by atoms with E-state index in [1.54, 1.807) is 0 Å². The van der Waals surface area contributed by atoms with E-state index >= 15 is 0 Å². The largest absolute Gasteiger partial charge is 0.489 e. The van der Waals surface area contributed by atoms with Gasteiger partial charge in [0.1, 0.15) is 12.4 Å². The Balaban J connectivity index is 1.90. The summed E-state index contributed by atoms with van der Waals surface area (Å²) in [5, 5.41) is 3.25. The molecule has 2 heteroatoms. The van der Waals surface area contributed by atoms with Crippen LogP contribution >= 0.6 is 0 Å². The monoisotopic (exact) mass is 269 g/mol. The van der Waals surface area contributed by atoms with Crippen molar-refractivity contribution in [1.29, 1.82) is 0 Å². The number of nitrogens with one attached hydrogen (secondary N) is 1. The van der Waals surface area contributed by atoms with Crippen LogP contribution in [-0.4, -0.2) is 13.1 Å². The molecule has 2 nitrogen and oxygen atoms in total. The molecule has 0 amide bonds. The highest BCUT2D eigenvalue weighted by atomic mass is 16.5. The maximum atomic E-state index is 5.82. The van der Waals surface area contributed by atoms with Crippen molar-refractivity contribution < 1.29 is 4.74 Å². The third-order valence-corrected chi connectivity index (χ3v) is 3.45. The van der Waals surface area contributed by atoms with Gasteiger partial charge in [-0.15, -0.1) is 0 Å². The Morgan fingerprint density at radius 3 is 2.45 bits per heavy atom. The van der Waals surface area contributed by atoms with Crippen molar-refractivity contribution in [2.45, 2.75) is 32.9 Å². The highest BCUT2D eigenvalue weighted by Crippen LogP contribution is 2.15. The first-order chi connectivity index (χ1) is 9.67.